The third-order valence-electron chi connectivity index (χ3n) is 11.2. The maximum absolute atomic E-state index is 12.7. The zero-order valence-electron chi connectivity index (χ0n) is 37.7. The monoisotopic (exact) mass is 783 g/mol. The van der Waals surface area contributed by atoms with Crippen LogP contribution in [-0.4, -0.2) is 76.3 Å². The lowest BCUT2D eigenvalue weighted by molar-refractivity contribution is -0.127. The molecule has 0 fully saturated rings. The van der Waals surface area contributed by atoms with Crippen LogP contribution in [0.25, 0.3) is 0 Å². The van der Waals surface area contributed by atoms with E-state index in [9.17, 15) is 9.59 Å². The van der Waals surface area contributed by atoms with Gasteiger partial charge in [0.1, 0.15) is 0 Å². The summed E-state index contributed by atoms with van der Waals surface area (Å²) in [5.41, 5.74) is -0.358. The first-order valence-electron chi connectivity index (χ1n) is 23.6. The van der Waals surface area contributed by atoms with Crippen LogP contribution in [0.15, 0.2) is 0 Å². The van der Waals surface area contributed by atoms with E-state index in [1.54, 1.807) is 7.11 Å². The molecular weight excluding hydrogens is 689 g/mol. The Morgan fingerprint density at radius 3 is 1.47 bits per heavy atom. The molecule has 8 nitrogen and oxygen atoms in total. The summed E-state index contributed by atoms with van der Waals surface area (Å²) in [6.07, 6.45) is 33.6. The first kappa shape index (κ1) is 53.8. The average molecular weight is 783 g/mol. The van der Waals surface area contributed by atoms with Gasteiger partial charge >= 0.3 is 0 Å². The van der Waals surface area contributed by atoms with Crippen LogP contribution in [0.5, 0.6) is 0 Å². The molecule has 8 heteroatoms. The first-order chi connectivity index (χ1) is 26.7. The molecule has 0 aromatic heterocycles. The van der Waals surface area contributed by atoms with Crippen molar-refractivity contribution in [3.05, 3.63) is 0 Å². The van der Waals surface area contributed by atoms with Crippen LogP contribution in [0, 0.1) is 5.92 Å². The standard InChI is InChI=1S/C47H94N2O6/c1-8-11-13-15-17-19-21-23-25-27-29-31-37-53-41-44(54-38-32-30-28-26-24-22-20-18-16-14-12-9-2)39-49-46(51)34-33-45(50)48-36-35-47(5,6)55-40-43(10-3)42(4)52-7/h42-44H,8-41H2,1-7H3,(H,48,50)(H,49,51)/t42-,43?,44?/m1/s1. The predicted octanol–water partition coefficient (Wildman–Crippen LogP) is 12.0. The number of rotatable bonds is 43. The first-order valence-corrected chi connectivity index (χ1v) is 23.6. The molecule has 0 aliphatic rings. The van der Waals surface area contributed by atoms with Gasteiger partial charge in [0, 0.05) is 52.2 Å². The van der Waals surface area contributed by atoms with E-state index < -0.39 is 0 Å². The molecule has 0 radical (unpaired) electrons. The van der Waals surface area contributed by atoms with Gasteiger partial charge in [0.25, 0.3) is 0 Å². The van der Waals surface area contributed by atoms with Crippen LogP contribution in [0.4, 0.5) is 0 Å². The highest BCUT2D eigenvalue weighted by atomic mass is 16.5. The molecule has 2 unspecified atom stereocenters. The second-order valence-electron chi connectivity index (χ2n) is 16.9. The van der Waals surface area contributed by atoms with Crippen molar-refractivity contribution < 1.29 is 28.5 Å². The van der Waals surface area contributed by atoms with E-state index in [4.69, 9.17) is 18.9 Å². The van der Waals surface area contributed by atoms with E-state index in [-0.39, 0.29) is 42.5 Å². The Morgan fingerprint density at radius 2 is 1.02 bits per heavy atom. The summed E-state index contributed by atoms with van der Waals surface area (Å²) in [5.74, 6) is 0.0926. The maximum Gasteiger partial charge on any atom is 0.220 e. The third kappa shape index (κ3) is 36.8. The van der Waals surface area contributed by atoms with Gasteiger partial charge in [-0.2, -0.15) is 0 Å². The summed E-state index contributed by atoms with van der Waals surface area (Å²) < 4.78 is 23.9. The zero-order chi connectivity index (χ0) is 40.7. The minimum Gasteiger partial charge on any atom is -0.381 e. The summed E-state index contributed by atoms with van der Waals surface area (Å²) in [4.78, 5) is 25.2. The van der Waals surface area contributed by atoms with Gasteiger partial charge in [0.15, 0.2) is 0 Å². The van der Waals surface area contributed by atoms with Crippen molar-refractivity contribution in [3.63, 3.8) is 0 Å². The van der Waals surface area contributed by atoms with Crippen molar-refractivity contribution >= 4 is 11.8 Å². The van der Waals surface area contributed by atoms with E-state index in [0.717, 1.165) is 25.9 Å². The Kier molecular flexibility index (Phi) is 38.7. The minimum atomic E-state index is -0.358. The zero-order valence-corrected chi connectivity index (χ0v) is 37.7. The average Bonchev–Trinajstić information content (AvgIpc) is 3.17. The molecular formula is C47H94N2O6. The normalized spacial score (nSPS) is 13.5. The van der Waals surface area contributed by atoms with Crippen LogP contribution in [0.1, 0.15) is 221 Å². The Bertz CT molecular complexity index is 840. The molecule has 3 atom stereocenters. The SMILES string of the molecule is CCCCCCCCCCCCCCOCC(CNC(=O)CCC(=O)NCCC(C)(C)OCC(CC)[C@@H](C)OC)OCCCCCCCCCCCCCC. The number of ether oxygens (including phenoxy) is 4. The van der Waals surface area contributed by atoms with E-state index in [1.807, 2.05) is 0 Å². The number of methoxy groups -OCH3 is 1. The molecule has 0 bridgehead atoms. The van der Waals surface area contributed by atoms with Gasteiger partial charge in [-0.05, 0) is 46.5 Å². The Balaban J connectivity index is 4.40. The lowest BCUT2D eigenvalue weighted by Crippen LogP contribution is -2.38. The fourth-order valence-electron chi connectivity index (χ4n) is 6.94. The second-order valence-corrected chi connectivity index (χ2v) is 16.9. The molecule has 55 heavy (non-hydrogen) atoms. The number of unbranched alkanes of at least 4 members (excludes halogenated alkanes) is 22. The number of hydrogen-bond acceptors (Lipinski definition) is 6. The molecule has 0 aliphatic heterocycles. The predicted molar refractivity (Wildman–Crippen MR) is 233 cm³/mol. The van der Waals surface area contributed by atoms with Crippen molar-refractivity contribution in [2.45, 2.75) is 239 Å². The van der Waals surface area contributed by atoms with E-state index >= 15 is 0 Å². The maximum atomic E-state index is 12.7. The Labute approximate surface area is 341 Å². The molecule has 0 aliphatic carbocycles. The van der Waals surface area contributed by atoms with Gasteiger partial charge in [-0.15, -0.1) is 0 Å². The van der Waals surface area contributed by atoms with Gasteiger partial charge < -0.3 is 29.6 Å². The van der Waals surface area contributed by atoms with E-state index in [0.29, 0.717) is 45.2 Å². The van der Waals surface area contributed by atoms with Gasteiger partial charge in [-0.3, -0.25) is 9.59 Å². The number of hydrogen-bond donors (Lipinski definition) is 2. The summed E-state index contributed by atoms with van der Waals surface area (Å²) in [7, 11) is 1.73. The van der Waals surface area contributed by atoms with Gasteiger partial charge in [0.2, 0.25) is 11.8 Å². The highest BCUT2D eigenvalue weighted by Crippen LogP contribution is 2.20. The lowest BCUT2D eigenvalue weighted by Gasteiger charge is -2.30. The summed E-state index contributed by atoms with van der Waals surface area (Å²) in [6, 6.07) is 0. The van der Waals surface area contributed by atoms with Crippen LogP contribution in [0.2, 0.25) is 0 Å². The number of carbonyl (C=O) groups excluding carboxylic acids is 2. The largest absolute Gasteiger partial charge is 0.381 e. The fourth-order valence-corrected chi connectivity index (χ4v) is 6.94. The molecule has 0 heterocycles. The van der Waals surface area contributed by atoms with Crippen molar-refractivity contribution in [2.24, 2.45) is 5.92 Å². The smallest absolute Gasteiger partial charge is 0.220 e. The topological polar surface area (TPSA) is 95.1 Å². The molecule has 0 saturated heterocycles. The van der Waals surface area contributed by atoms with Crippen LogP contribution in [-0.2, 0) is 28.5 Å². The molecule has 328 valence electrons. The Hall–Kier alpha value is -1.22. The molecule has 0 spiro atoms. The third-order valence-corrected chi connectivity index (χ3v) is 11.2. The van der Waals surface area contributed by atoms with Crippen LogP contribution in [0.3, 0.4) is 0 Å². The highest BCUT2D eigenvalue weighted by molar-refractivity contribution is 5.83. The van der Waals surface area contributed by atoms with Crippen LogP contribution < -0.4 is 10.6 Å². The summed E-state index contributed by atoms with van der Waals surface area (Å²) >= 11 is 0. The van der Waals surface area contributed by atoms with Crippen molar-refractivity contribution in [3.8, 4) is 0 Å². The minimum absolute atomic E-state index is 0.115. The number of amides is 2. The summed E-state index contributed by atoms with van der Waals surface area (Å²) in [6.45, 7) is 16.3. The molecule has 0 aromatic carbocycles. The second kappa shape index (κ2) is 39.6. The number of carbonyl (C=O) groups is 2. The van der Waals surface area contributed by atoms with Gasteiger partial charge in [-0.1, -0.05) is 162 Å². The van der Waals surface area contributed by atoms with E-state index in [2.05, 4.69) is 52.2 Å². The lowest BCUT2D eigenvalue weighted by atomic mass is 10.00. The molecule has 0 rings (SSSR count). The van der Waals surface area contributed by atoms with Crippen molar-refractivity contribution in [2.75, 3.05) is 46.6 Å². The van der Waals surface area contributed by atoms with Crippen molar-refractivity contribution in [1.82, 2.24) is 10.6 Å². The molecule has 0 saturated carbocycles. The molecule has 2 amide bonds. The molecule has 0 aromatic rings. The number of nitrogens with one attached hydrogen (secondary N) is 2. The summed E-state index contributed by atoms with van der Waals surface area (Å²) in [5, 5.41) is 5.97. The van der Waals surface area contributed by atoms with Gasteiger partial charge in [0.05, 0.1) is 31.0 Å². The Morgan fingerprint density at radius 1 is 0.582 bits per heavy atom. The highest BCUT2D eigenvalue weighted by Gasteiger charge is 2.23. The quantitative estimate of drug-likeness (QED) is 0.0598. The molecule has 2 N–H and O–H groups in total. The fraction of sp³-hybridized carbons (Fsp3) is 0.957. The van der Waals surface area contributed by atoms with Crippen molar-refractivity contribution in [1.29, 1.82) is 0 Å². The van der Waals surface area contributed by atoms with E-state index in [1.165, 1.54) is 141 Å². The van der Waals surface area contributed by atoms with Gasteiger partial charge in [-0.25, -0.2) is 0 Å². The van der Waals surface area contributed by atoms with Crippen LogP contribution >= 0.6 is 0 Å².